The molecule has 2 aliphatic heterocycles. The molecule has 0 N–H and O–H groups in total. The highest BCUT2D eigenvalue weighted by molar-refractivity contribution is 6.10. The van der Waals surface area contributed by atoms with Gasteiger partial charge in [0.15, 0.2) is 5.78 Å². The summed E-state index contributed by atoms with van der Waals surface area (Å²) in [6.07, 6.45) is -4.32. The molecule has 1 aromatic heterocycles. The molecule has 154 valence electrons. The van der Waals surface area contributed by atoms with Crippen LogP contribution in [0.3, 0.4) is 0 Å². The van der Waals surface area contributed by atoms with Gasteiger partial charge in [0.2, 0.25) is 0 Å². The highest BCUT2D eigenvalue weighted by Gasteiger charge is 2.47. The molecule has 2 aromatic carbocycles. The van der Waals surface area contributed by atoms with Crippen LogP contribution < -0.4 is 0 Å². The number of rotatable bonds is 1. The molecule has 0 spiro atoms. The smallest absolute Gasteiger partial charge is 0.338 e. The van der Waals surface area contributed by atoms with E-state index >= 15 is 0 Å². The van der Waals surface area contributed by atoms with Crippen molar-refractivity contribution in [3.05, 3.63) is 70.9 Å². The van der Waals surface area contributed by atoms with Crippen molar-refractivity contribution in [2.24, 2.45) is 0 Å². The molecule has 30 heavy (non-hydrogen) atoms. The van der Waals surface area contributed by atoms with Crippen molar-refractivity contribution in [1.29, 1.82) is 0 Å². The average molecular weight is 412 g/mol. The van der Waals surface area contributed by atoms with Crippen molar-refractivity contribution in [2.45, 2.75) is 31.5 Å². The summed E-state index contributed by atoms with van der Waals surface area (Å²) in [7, 11) is 0. The van der Waals surface area contributed by atoms with Gasteiger partial charge in [-0.1, -0.05) is 30.3 Å². The van der Waals surface area contributed by atoms with Crippen molar-refractivity contribution in [2.75, 3.05) is 13.1 Å². The van der Waals surface area contributed by atoms with Crippen LogP contribution in [0.5, 0.6) is 0 Å². The molecule has 0 saturated carbocycles. The first-order valence-corrected chi connectivity index (χ1v) is 9.95. The highest BCUT2D eigenvalue weighted by Crippen LogP contribution is 2.44. The van der Waals surface area contributed by atoms with Gasteiger partial charge in [-0.15, -0.1) is 0 Å². The Morgan fingerprint density at radius 3 is 2.43 bits per heavy atom. The van der Waals surface area contributed by atoms with Crippen molar-refractivity contribution >= 4 is 22.6 Å². The van der Waals surface area contributed by atoms with E-state index in [0.29, 0.717) is 53.7 Å². The van der Waals surface area contributed by atoms with Gasteiger partial charge >= 0.3 is 6.18 Å². The summed E-state index contributed by atoms with van der Waals surface area (Å²) >= 11 is 0. The Hall–Kier alpha value is -3.09. The number of amides is 1. The van der Waals surface area contributed by atoms with Crippen LogP contribution in [0.25, 0.3) is 10.9 Å². The fourth-order valence-corrected chi connectivity index (χ4v) is 4.81. The fourth-order valence-electron chi connectivity index (χ4n) is 4.81. The Kier molecular flexibility index (Phi) is 4.24. The molecule has 5 rings (SSSR count). The predicted molar refractivity (Wildman–Crippen MR) is 106 cm³/mol. The molecule has 0 aliphatic carbocycles. The second kappa shape index (κ2) is 6.72. The van der Waals surface area contributed by atoms with Crippen LogP contribution >= 0.6 is 0 Å². The number of halogens is 3. The van der Waals surface area contributed by atoms with Crippen molar-refractivity contribution < 1.29 is 22.8 Å². The first-order valence-electron chi connectivity index (χ1n) is 9.95. The summed E-state index contributed by atoms with van der Waals surface area (Å²) in [6, 6.07) is 12.2. The summed E-state index contributed by atoms with van der Waals surface area (Å²) in [5, 5.41) is 0.693. The number of Topliss-reactive ketones (excluding diaryl/α,β-unsaturated/α-hetero) is 1. The number of carbonyl (C=O) groups is 2. The fraction of sp³-hybridized carbons (Fsp3) is 0.304. The number of benzene rings is 2. The van der Waals surface area contributed by atoms with E-state index in [0.717, 1.165) is 5.56 Å². The van der Waals surface area contributed by atoms with Crippen LogP contribution in [-0.2, 0) is 12.8 Å². The van der Waals surface area contributed by atoms with E-state index in [2.05, 4.69) is 0 Å². The molecule has 4 nitrogen and oxygen atoms in total. The quantitative estimate of drug-likeness (QED) is 0.588. The zero-order valence-corrected chi connectivity index (χ0v) is 16.1. The number of alkyl halides is 3. The second-order valence-electron chi connectivity index (χ2n) is 7.84. The van der Waals surface area contributed by atoms with E-state index in [9.17, 15) is 22.8 Å². The third-order valence-electron chi connectivity index (χ3n) is 6.17. The second-order valence-corrected chi connectivity index (χ2v) is 7.84. The van der Waals surface area contributed by atoms with Crippen LogP contribution in [0.15, 0.2) is 48.5 Å². The number of carbonyl (C=O) groups excluding carboxylic acids is 2. The van der Waals surface area contributed by atoms with Crippen LogP contribution in [0.1, 0.15) is 44.4 Å². The summed E-state index contributed by atoms with van der Waals surface area (Å²) in [5.74, 6) is -0.587. The normalized spacial score (nSPS) is 19.0. The molecular formula is C23H19F3N2O2. The SMILES string of the molecule is O=C1CC(C(F)(F)F)n2c3c(c4cccc1c42)CCN(C(=O)c1ccccc1)CC3. The molecule has 2 aliphatic rings. The molecule has 0 saturated heterocycles. The van der Waals surface area contributed by atoms with E-state index in [1.807, 2.05) is 6.07 Å². The molecule has 1 atom stereocenters. The molecule has 1 amide bonds. The van der Waals surface area contributed by atoms with E-state index in [1.54, 1.807) is 47.4 Å². The van der Waals surface area contributed by atoms with Crippen LogP contribution in [0.4, 0.5) is 13.2 Å². The molecule has 3 aromatic rings. The third kappa shape index (κ3) is 2.83. The zero-order valence-electron chi connectivity index (χ0n) is 16.1. The van der Waals surface area contributed by atoms with Crippen LogP contribution in [0, 0.1) is 0 Å². The topological polar surface area (TPSA) is 42.3 Å². The monoisotopic (exact) mass is 412 g/mol. The van der Waals surface area contributed by atoms with E-state index in [1.165, 1.54) is 4.57 Å². The predicted octanol–water partition coefficient (Wildman–Crippen LogP) is 4.57. The van der Waals surface area contributed by atoms with Gasteiger partial charge in [0, 0.05) is 48.1 Å². The molecule has 0 bridgehead atoms. The van der Waals surface area contributed by atoms with Gasteiger partial charge in [-0.05, 0) is 30.2 Å². The lowest BCUT2D eigenvalue weighted by Crippen LogP contribution is -2.35. The number of para-hydroxylation sites is 1. The maximum absolute atomic E-state index is 13.9. The minimum Gasteiger partial charge on any atom is -0.338 e. The molecule has 0 fully saturated rings. The first kappa shape index (κ1) is 18.9. The molecule has 7 heteroatoms. The van der Waals surface area contributed by atoms with Gasteiger partial charge < -0.3 is 9.47 Å². The van der Waals surface area contributed by atoms with Gasteiger partial charge in [-0.3, -0.25) is 9.59 Å². The van der Waals surface area contributed by atoms with Crippen molar-refractivity contribution in [1.82, 2.24) is 9.47 Å². The average Bonchev–Trinajstić information content (AvgIpc) is 2.89. The minimum absolute atomic E-state index is 0.119. The standard InChI is InChI=1S/C23H19F3N2O2/c24-23(25,26)20-13-19(29)17-8-4-7-16-15-9-11-27(12-10-18(15)28(20)21(16)17)22(30)14-5-2-1-3-6-14/h1-8,20H,9-13H2. The van der Waals surface area contributed by atoms with Gasteiger partial charge in [-0.2, -0.15) is 13.2 Å². The Labute approximate surface area is 170 Å². The first-order chi connectivity index (χ1) is 14.4. The molecule has 0 radical (unpaired) electrons. The Bertz CT molecular complexity index is 1160. The Balaban J connectivity index is 1.59. The minimum atomic E-state index is -4.52. The van der Waals surface area contributed by atoms with Gasteiger partial charge in [-0.25, -0.2) is 0 Å². The summed E-state index contributed by atoms with van der Waals surface area (Å²) < 4.78 is 43.0. The highest BCUT2D eigenvalue weighted by atomic mass is 19.4. The van der Waals surface area contributed by atoms with Crippen LogP contribution in [-0.4, -0.2) is 40.4 Å². The Morgan fingerprint density at radius 1 is 0.967 bits per heavy atom. The number of nitrogens with zero attached hydrogens (tertiary/aromatic N) is 2. The lowest BCUT2D eigenvalue weighted by atomic mass is 9.96. The lowest BCUT2D eigenvalue weighted by Gasteiger charge is -2.29. The number of fused-ring (bicyclic) bond motifs is 3. The Morgan fingerprint density at radius 2 is 1.70 bits per heavy atom. The van der Waals surface area contributed by atoms with Crippen LogP contribution in [0.2, 0.25) is 0 Å². The van der Waals surface area contributed by atoms with Gasteiger partial charge in [0.05, 0.1) is 5.52 Å². The van der Waals surface area contributed by atoms with E-state index < -0.39 is 24.4 Å². The summed E-state index contributed by atoms with van der Waals surface area (Å²) in [5.41, 5.74) is 2.73. The third-order valence-corrected chi connectivity index (χ3v) is 6.17. The van der Waals surface area contributed by atoms with Gasteiger partial charge in [0.1, 0.15) is 6.04 Å². The molecular weight excluding hydrogens is 393 g/mol. The lowest BCUT2D eigenvalue weighted by molar-refractivity contribution is -0.166. The summed E-state index contributed by atoms with van der Waals surface area (Å²) in [6.45, 7) is 0.763. The van der Waals surface area contributed by atoms with E-state index in [4.69, 9.17) is 0 Å². The summed E-state index contributed by atoms with van der Waals surface area (Å²) in [4.78, 5) is 27.0. The maximum Gasteiger partial charge on any atom is 0.409 e. The number of hydrogen-bond donors (Lipinski definition) is 0. The maximum atomic E-state index is 13.9. The zero-order chi connectivity index (χ0) is 21.0. The largest absolute Gasteiger partial charge is 0.409 e. The molecule has 1 unspecified atom stereocenters. The number of hydrogen-bond acceptors (Lipinski definition) is 2. The van der Waals surface area contributed by atoms with Crippen molar-refractivity contribution in [3.8, 4) is 0 Å². The van der Waals surface area contributed by atoms with E-state index in [-0.39, 0.29) is 5.91 Å². The van der Waals surface area contributed by atoms with Crippen molar-refractivity contribution in [3.63, 3.8) is 0 Å². The number of aromatic nitrogens is 1. The number of ketones is 1. The van der Waals surface area contributed by atoms with Gasteiger partial charge in [0.25, 0.3) is 5.91 Å². The molecule has 3 heterocycles.